The predicted octanol–water partition coefficient (Wildman–Crippen LogP) is 9.97. The number of phenols is 4. The Morgan fingerprint density at radius 2 is 0.974 bits per heavy atom. The Morgan fingerprint density at radius 3 is 1.45 bits per heavy atom. The lowest BCUT2D eigenvalue weighted by Gasteiger charge is -2.47. The number of rotatable bonds is 11. The van der Waals surface area contributed by atoms with Crippen LogP contribution in [0.4, 0.5) is 0 Å². The van der Waals surface area contributed by atoms with E-state index in [4.69, 9.17) is 28.4 Å². The van der Waals surface area contributed by atoms with Crippen molar-refractivity contribution in [2.24, 2.45) is 17.8 Å². The largest absolute Gasteiger partial charge is 0.508 e. The van der Waals surface area contributed by atoms with E-state index in [-0.39, 0.29) is 93.7 Å². The van der Waals surface area contributed by atoms with E-state index >= 15 is 0 Å². The number of hydrogen-bond acceptors (Lipinski definition) is 17. The third kappa shape index (κ3) is 14.4. The van der Waals surface area contributed by atoms with Crippen LogP contribution in [0, 0.1) is 17.8 Å². The summed E-state index contributed by atoms with van der Waals surface area (Å²) in [6.45, 7) is 13.9. The van der Waals surface area contributed by atoms with Gasteiger partial charge in [-0.25, -0.2) is 0 Å². The molecule has 3 aliphatic carbocycles. The lowest BCUT2D eigenvalue weighted by Crippen LogP contribution is -2.47. The molecule has 3 aliphatic heterocycles. The van der Waals surface area contributed by atoms with Gasteiger partial charge in [-0.2, -0.15) is 8.42 Å². The summed E-state index contributed by atoms with van der Waals surface area (Å²) in [6, 6.07) is 19.4. The first-order valence-corrected chi connectivity index (χ1v) is 28.2. The van der Waals surface area contributed by atoms with Crippen molar-refractivity contribution in [2.45, 2.75) is 140 Å². The van der Waals surface area contributed by atoms with Gasteiger partial charge in [0.1, 0.15) is 99.1 Å². The number of carbonyl (C=O) groups excluding carboxylic acids is 3. The Hall–Kier alpha value is -6.08. The minimum Gasteiger partial charge on any atom is -0.508 e. The molecule has 3 heterocycles. The number of hydrogen-bond donors (Lipinski definition) is 4. The van der Waals surface area contributed by atoms with Gasteiger partial charge in [0.2, 0.25) is 0 Å². The summed E-state index contributed by atoms with van der Waals surface area (Å²) in [7, 11) is -0.188. The van der Waals surface area contributed by atoms with Crippen molar-refractivity contribution in [1.82, 2.24) is 0 Å². The van der Waals surface area contributed by atoms with Crippen LogP contribution in [-0.2, 0) is 44.8 Å². The van der Waals surface area contributed by atoms with E-state index in [2.05, 4.69) is 36.6 Å². The summed E-state index contributed by atoms with van der Waals surface area (Å²) < 4.78 is 64.3. The maximum Gasteiger partial charge on any atom is 0.264 e. The van der Waals surface area contributed by atoms with E-state index in [0.717, 1.165) is 42.2 Å². The highest BCUT2D eigenvalue weighted by molar-refractivity contribution is 7.85. The first-order valence-electron chi connectivity index (χ1n) is 26.3. The molecular weight excluding hydrogens is 1010 g/mol. The summed E-state index contributed by atoms with van der Waals surface area (Å²) in [5.74, 6) is 4.75. The van der Waals surface area contributed by atoms with Crippen molar-refractivity contribution < 1.29 is 80.6 Å². The molecule has 10 rings (SSSR count). The van der Waals surface area contributed by atoms with Gasteiger partial charge in [-0.1, -0.05) is 30.3 Å². The van der Waals surface area contributed by atoms with Crippen LogP contribution in [0.1, 0.15) is 139 Å². The monoisotopic (exact) mass is 1090 g/mol. The fourth-order valence-electron chi connectivity index (χ4n) is 12.1. The van der Waals surface area contributed by atoms with Crippen LogP contribution in [-0.4, -0.2) is 110 Å². The van der Waals surface area contributed by atoms with Gasteiger partial charge in [0.15, 0.2) is 0 Å². The highest BCUT2D eigenvalue weighted by Crippen LogP contribution is 2.57. The first-order chi connectivity index (χ1) is 36.3. The average molecular weight is 1090 g/mol. The molecule has 18 heteroatoms. The molecule has 4 N–H and O–H groups in total. The molecule has 77 heavy (non-hydrogen) atoms. The number of aromatic hydroxyl groups is 4. The van der Waals surface area contributed by atoms with Gasteiger partial charge in [0, 0.05) is 141 Å². The van der Waals surface area contributed by atoms with Crippen LogP contribution in [0.2, 0.25) is 0 Å². The topological polar surface area (TPSA) is 240 Å². The van der Waals surface area contributed by atoms with E-state index in [1.165, 1.54) is 19.2 Å². The number of carbonyl (C=O) groups is 3. The zero-order valence-corrected chi connectivity index (χ0v) is 46.5. The van der Waals surface area contributed by atoms with E-state index in [1.54, 1.807) is 25.3 Å². The number of phenolic OH excluding ortho intramolecular Hbond substituents is 4. The molecule has 3 saturated carbocycles. The smallest absolute Gasteiger partial charge is 0.264 e. The van der Waals surface area contributed by atoms with Gasteiger partial charge >= 0.3 is 0 Å². The molecule has 420 valence electrons. The maximum absolute atomic E-state index is 12.2. The van der Waals surface area contributed by atoms with Crippen LogP contribution in [0.25, 0.3) is 0 Å². The summed E-state index contributed by atoms with van der Waals surface area (Å²) in [6.07, 6.45) is 6.66. The van der Waals surface area contributed by atoms with Gasteiger partial charge in [-0.3, -0.25) is 18.6 Å². The summed E-state index contributed by atoms with van der Waals surface area (Å²) in [5.41, 5.74) is 2.28. The lowest BCUT2D eigenvalue weighted by atomic mass is 9.66. The fourth-order valence-corrected chi connectivity index (χ4v) is 12.5. The molecule has 4 aromatic rings. The maximum atomic E-state index is 12.2. The molecule has 0 unspecified atom stereocenters. The molecule has 6 atom stereocenters. The quantitative estimate of drug-likeness (QED) is 0.0807. The second-order valence-electron chi connectivity index (χ2n) is 22.3. The molecule has 4 aromatic carbocycles. The molecule has 3 fully saturated rings. The van der Waals surface area contributed by atoms with Crippen molar-refractivity contribution in [3.63, 3.8) is 0 Å². The van der Waals surface area contributed by atoms with Crippen LogP contribution in [0.5, 0.6) is 51.7 Å². The normalized spacial score (nSPS) is 23.8. The summed E-state index contributed by atoms with van der Waals surface area (Å²) >= 11 is 0. The molecule has 0 bridgehead atoms. The van der Waals surface area contributed by atoms with Crippen LogP contribution in [0.3, 0.4) is 0 Å². The standard InChI is InChI=1S/C22H24O4.C18H24O5.C15H18O4.C4H10O4S/c1-22(2)18-9-8-15(23)10-17(18)21-19(11-16(24)12-20(21)26-22)25-13-14-6-4-3-5-7-14;1-18(2)14-5-4-11(19)8-13(14)17-15(20)9-12(10-16(17)23-18)22-7-6-21-3;1-15(2)11-4-3-8(16)5-10(11)14-12(18)6-9(17)7-13(14)19-15;1-7-3-4-8-9(2,5)6/h3-7,11-12,17-18,24H,8-10,13H2,1-2H3;9-10,13-14,20H,4-8H2,1-3H3;6-7,10-11,17-18H,3-5H2,1-2H3;3-4H2,1-2H3/t17-,18-;13-,14-;10-,11-;/m111./s1. The molecule has 0 saturated heterocycles. The highest BCUT2D eigenvalue weighted by atomic mass is 32.2. The Morgan fingerprint density at radius 1 is 0.545 bits per heavy atom. The van der Waals surface area contributed by atoms with Crippen LogP contribution >= 0.6 is 0 Å². The third-order valence-corrected chi connectivity index (χ3v) is 16.2. The van der Waals surface area contributed by atoms with Crippen molar-refractivity contribution >= 4 is 27.5 Å². The summed E-state index contributed by atoms with van der Waals surface area (Å²) in [5, 5.41) is 40.3. The van der Waals surface area contributed by atoms with Crippen molar-refractivity contribution in [3.8, 4) is 51.7 Å². The molecule has 0 aromatic heterocycles. The molecular formula is C59H76O17S. The third-order valence-electron chi connectivity index (χ3n) is 15.6. The molecule has 6 aliphatic rings. The van der Waals surface area contributed by atoms with Gasteiger partial charge in [0.25, 0.3) is 10.1 Å². The number of ketones is 3. The number of ether oxygens (including phenoxy) is 7. The SMILES string of the molecule is CC1(C)Oc2cc(O)cc(O)c2[C@@H]2CC(=O)CC[C@H]21.CC1(C)Oc2cc(O)cc(OCc3ccccc3)c2[C@@H]2CC(=O)CC[C@H]21.COCCOS(C)(=O)=O.COCCOc1cc(O)c2c(c1)OC(C)(C)[C@@H]1CCC(=O)C[C@@H]21. The minimum atomic E-state index is -3.28. The van der Waals surface area contributed by atoms with Crippen molar-refractivity contribution in [3.05, 3.63) is 89.0 Å². The second-order valence-corrected chi connectivity index (χ2v) is 24.0. The van der Waals surface area contributed by atoms with Gasteiger partial charge in [0.05, 0.1) is 26.1 Å². The van der Waals surface area contributed by atoms with E-state index in [1.807, 2.05) is 50.2 Å². The van der Waals surface area contributed by atoms with Crippen molar-refractivity contribution in [1.29, 1.82) is 0 Å². The highest BCUT2D eigenvalue weighted by Gasteiger charge is 2.50. The second kappa shape index (κ2) is 24.3. The molecule has 0 amide bonds. The number of Topliss-reactive ketones (excluding diaryl/α,β-unsaturated/α-hetero) is 3. The van der Waals surface area contributed by atoms with Gasteiger partial charge < -0.3 is 53.6 Å². The number of methoxy groups -OCH3 is 2. The van der Waals surface area contributed by atoms with E-state index < -0.39 is 15.7 Å². The van der Waals surface area contributed by atoms with Crippen molar-refractivity contribution in [2.75, 3.05) is 46.9 Å². The Bertz CT molecular complexity index is 2860. The summed E-state index contributed by atoms with van der Waals surface area (Å²) in [4.78, 5) is 35.8. The van der Waals surface area contributed by atoms with E-state index in [0.29, 0.717) is 99.3 Å². The Kier molecular flexibility index (Phi) is 18.5. The minimum absolute atomic E-state index is 0.0133. The average Bonchev–Trinajstić information content (AvgIpc) is 3.32. The van der Waals surface area contributed by atoms with E-state index in [9.17, 15) is 43.2 Å². The first kappa shape index (κ1) is 58.6. The van der Waals surface area contributed by atoms with Crippen LogP contribution < -0.4 is 23.7 Å². The molecule has 17 nitrogen and oxygen atoms in total. The number of fused-ring (bicyclic) bond motifs is 9. The lowest BCUT2D eigenvalue weighted by molar-refractivity contribution is -0.125. The zero-order chi connectivity index (χ0) is 56.0. The number of benzene rings is 4. The Balaban J connectivity index is 0.000000157. The molecule has 0 spiro atoms. The molecule has 0 radical (unpaired) electrons. The van der Waals surface area contributed by atoms with Crippen LogP contribution in [0.15, 0.2) is 66.7 Å². The Labute approximate surface area is 452 Å². The van der Waals surface area contributed by atoms with Gasteiger partial charge in [-0.15, -0.1) is 0 Å². The zero-order valence-electron chi connectivity index (χ0n) is 45.7. The predicted molar refractivity (Wildman–Crippen MR) is 286 cm³/mol. The fraction of sp³-hybridized carbons (Fsp3) is 0.542. The van der Waals surface area contributed by atoms with Gasteiger partial charge in [-0.05, 0) is 66.4 Å².